The normalized spacial score (nSPS) is 13.4. The first kappa shape index (κ1) is 16.5. The van der Waals surface area contributed by atoms with Crippen LogP contribution in [0.1, 0.15) is 11.1 Å². The van der Waals surface area contributed by atoms with Crippen molar-refractivity contribution in [3.05, 3.63) is 74.6 Å². The van der Waals surface area contributed by atoms with Crippen LogP contribution in [-0.4, -0.2) is 12.4 Å². The number of ether oxygens (including phenoxy) is 1. The number of aryl methyl sites for hydroxylation is 1. The minimum absolute atomic E-state index is 0.305. The van der Waals surface area contributed by atoms with Crippen LogP contribution >= 0.6 is 27.7 Å². The molecule has 126 valence electrons. The minimum Gasteiger partial charge on any atom is -0.488 e. The molecule has 0 atom stereocenters. The highest BCUT2D eigenvalue weighted by Gasteiger charge is 2.22. The summed E-state index contributed by atoms with van der Waals surface area (Å²) in [6.07, 6.45) is 2.04. The number of hydrogen-bond acceptors (Lipinski definition) is 4. The van der Waals surface area contributed by atoms with Gasteiger partial charge in [-0.3, -0.25) is 0 Å². The molecule has 2 aromatic carbocycles. The zero-order valence-corrected chi connectivity index (χ0v) is 15.9. The van der Waals surface area contributed by atoms with Crippen LogP contribution in [0.3, 0.4) is 0 Å². The van der Waals surface area contributed by atoms with Crippen molar-refractivity contribution in [1.29, 1.82) is 0 Å². The molecule has 0 aliphatic carbocycles. The van der Waals surface area contributed by atoms with Crippen molar-refractivity contribution in [2.45, 2.75) is 11.8 Å². The van der Waals surface area contributed by atoms with Crippen molar-refractivity contribution in [2.24, 2.45) is 0 Å². The highest BCUT2D eigenvalue weighted by Crippen LogP contribution is 2.37. The van der Waals surface area contributed by atoms with E-state index in [1.165, 1.54) is 0 Å². The molecule has 4 rings (SSSR count). The average Bonchev–Trinajstić information content (AvgIpc) is 2.62. The zero-order chi connectivity index (χ0) is 17.4. The topological polar surface area (TPSA) is 39.4 Å². The third kappa shape index (κ3) is 3.14. The fourth-order valence-electron chi connectivity index (χ4n) is 2.89. The van der Waals surface area contributed by atoms with Crippen molar-refractivity contribution in [3.8, 4) is 5.75 Å². The van der Waals surface area contributed by atoms with Crippen LogP contribution in [0.5, 0.6) is 5.75 Å². The molecule has 25 heavy (non-hydrogen) atoms. The molecular formula is C20H15BrO3S. The lowest BCUT2D eigenvalue weighted by Crippen LogP contribution is -2.15. The van der Waals surface area contributed by atoms with Gasteiger partial charge in [-0.05, 0) is 47.1 Å². The second kappa shape index (κ2) is 6.73. The van der Waals surface area contributed by atoms with Gasteiger partial charge < -0.3 is 9.15 Å². The van der Waals surface area contributed by atoms with Gasteiger partial charge in [-0.25, -0.2) is 4.79 Å². The Bertz CT molecular complexity index is 1050. The third-order valence-corrected chi connectivity index (χ3v) is 5.81. The molecular weight excluding hydrogens is 400 g/mol. The lowest BCUT2D eigenvalue weighted by Gasteiger charge is -2.18. The molecule has 1 aliphatic rings. The Hall–Kier alpha value is -1.98. The van der Waals surface area contributed by atoms with Crippen molar-refractivity contribution >= 4 is 44.2 Å². The Kier molecular flexibility index (Phi) is 4.44. The van der Waals surface area contributed by atoms with Crippen LogP contribution in [0.2, 0.25) is 0 Å². The Balaban J connectivity index is 1.75. The molecule has 0 spiro atoms. The van der Waals surface area contributed by atoms with Gasteiger partial charge in [0.1, 0.15) is 17.9 Å². The van der Waals surface area contributed by atoms with Gasteiger partial charge in [0, 0.05) is 21.6 Å². The number of hydrogen-bond donors (Lipinski definition) is 0. The summed E-state index contributed by atoms with van der Waals surface area (Å²) in [6, 6.07) is 13.6. The second-order valence-corrected chi connectivity index (χ2v) is 7.74. The van der Waals surface area contributed by atoms with E-state index in [0.717, 1.165) is 37.4 Å². The summed E-state index contributed by atoms with van der Waals surface area (Å²) in [5.74, 6) is 1.57. The van der Waals surface area contributed by atoms with Gasteiger partial charge in [0.05, 0.1) is 10.0 Å². The first-order valence-corrected chi connectivity index (χ1v) is 9.68. The monoisotopic (exact) mass is 414 g/mol. The van der Waals surface area contributed by atoms with Crippen molar-refractivity contribution < 1.29 is 9.15 Å². The standard InChI is InChI=1S/C20H15BrO3S/c1-12-6-7-16-14(10-12)19-18(20(22)24-16)13(8-9-25-19)11-23-17-5-3-2-4-15(17)21/h2-8,10H,9,11H2,1H3. The van der Waals surface area contributed by atoms with Crippen LogP contribution in [-0.2, 0) is 0 Å². The fraction of sp³-hybridized carbons (Fsp3) is 0.150. The van der Waals surface area contributed by atoms with Crippen LogP contribution in [0.4, 0.5) is 0 Å². The highest BCUT2D eigenvalue weighted by molar-refractivity contribution is 9.10. The van der Waals surface area contributed by atoms with Gasteiger partial charge in [0.25, 0.3) is 0 Å². The van der Waals surface area contributed by atoms with Gasteiger partial charge in [-0.2, -0.15) is 0 Å². The van der Waals surface area contributed by atoms with E-state index in [1.807, 2.05) is 49.4 Å². The summed E-state index contributed by atoms with van der Waals surface area (Å²) in [5.41, 5.74) is 2.98. The molecule has 1 aromatic heterocycles. The molecule has 0 N–H and O–H groups in total. The van der Waals surface area contributed by atoms with E-state index in [4.69, 9.17) is 9.15 Å². The van der Waals surface area contributed by atoms with E-state index in [2.05, 4.69) is 22.0 Å². The zero-order valence-electron chi connectivity index (χ0n) is 13.5. The Morgan fingerprint density at radius 2 is 2.08 bits per heavy atom. The van der Waals surface area contributed by atoms with Gasteiger partial charge in [-0.1, -0.05) is 29.8 Å². The van der Waals surface area contributed by atoms with Crippen LogP contribution in [0.25, 0.3) is 16.5 Å². The third-order valence-electron chi connectivity index (χ3n) is 4.11. The Morgan fingerprint density at radius 3 is 2.92 bits per heavy atom. The fourth-order valence-corrected chi connectivity index (χ4v) is 4.42. The van der Waals surface area contributed by atoms with E-state index in [1.54, 1.807) is 11.8 Å². The van der Waals surface area contributed by atoms with E-state index in [0.29, 0.717) is 17.8 Å². The summed E-state index contributed by atoms with van der Waals surface area (Å²) in [7, 11) is 0. The van der Waals surface area contributed by atoms with Gasteiger partial charge in [0.2, 0.25) is 0 Å². The Morgan fingerprint density at radius 1 is 1.24 bits per heavy atom. The maximum atomic E-state index is 12.6. The van der Waals surface area contributed by atoms with E-state index in [-0.39, 0.29) is 5.63 Å². The summed E-state index contributed by atoms with van der Waals surface area (Å²) in [6.45, 7) is 2.37. The number of thioether (sulfide) groups is 1. The first-order chi connectivity index (χ1) is 12.1. The largest absolute Gasteiger partial charge is 0.488 e. The first-order valence-electron chi connectivity index (χ1n) is 7.90. The molecule has 0 saturated heterocycles. The van der Waals surface area contributed by atoms with Crippen molar-refractivity contribution in [2.75, 3.05) is 12.4 Å². The molecule has 0 saturated carbocycles. The van der Waals surface area contributed by atoms with Crippen LogP contribution < -0.4 is 10.4 Å². The van der Waals surface area contributed by atoms with E-state index < -0.39 is 0 Å². The van der Waals surface area contributed by atoms with Gasteiger partial charge >= 0.3 is 5.63 Å². The molecule has 3 nitrogen and oxygen atoms in total. The molecule has 0 unspecified atom stereocenters. The molecule has 0 radical (unpaired) electrons. The number of fused-ring (bicyclic) bond motifs is 3. The lowest BCUT2D eigenvalue weighted by atomic mass is 10.0. The van der Waals surface area contributed by atoms with Crippen LogP contribution in [0.15, 0.2) is 67.1 Å². The Labute approximate surface area is 157 Å². The molecule has 0 fully saturated rings. The number of halogens is 1. The number of rotatable bonds is 3. The van der Waals surface area contributed by atoms with E-state index in [9.17, 15) is 4.79 Å². The molecule has 2 heterocycles. The maximum Gasteiger partial charge on any atom is 0.345 e. The molecule has 0 bridgehead atoms. The predicted molar refractivity (Wildman–Crippen MR) is 106 cm³/mol. The summed E-state index contributed by atoms with van der Waals surface area (Å²) < 4.78 is 12.4. The summed E-state index contributed by atoms with van der Waals surface area (Å²) >= 11 is 5.15. The van der Waals surface area contributed by atoms with Crippen LogP contribution in [0, 0.1) is 6.92 Å². The average molecular weight is 415 g/mol. The van der Waals surface area contributed by atoms with Gasteiger partial charge in [-0.15, -0.1) is 11.8 Å². The van der Waals surface area contributed by atoms with Crippen molar-refractivity contribution in [3.63, 3.8) is 0 Å². The SMILES string of the molecule is Cc1ccc2oc(=O)c3c(c2c1)SCC=C3COc1ccccc1Br. The van der Waals surface area contributed by atoms with Gasteiger partial charge in [0.15, 0.2) is 0 Å². The maximum absolute atomic E-state index is 12.6. The lowest BCUT2D eigenvalue weighted by molar-refractivity contribution is 0.366. The highest BCUT2D eigenvalue weighted by atomic mass is 79.9. The van der Waals surface area contributed by atoms with Crippen molar-refractivity contribution in [1.82, 2.24) is 0 Å². The summed E-state index contributed by atoms with van der Waals surface area (Å²) in [5, 5.41) is 0.992. The quantitative estimate of drug-likeness (QED) is 0.535. The van der Waals surface area contributed by atoms with E-state index >= 15 is 0 Å². The molecule has 5 heteroatoms. The summed E-state index contributed by atoms with van der Waals surface area (Å²) in [4.78, 5) is 13.6. The molecule has 1 aliphatic heterocycles. The molecule has 0 amide bonds. The number of para-hydroxylation sites is 1. The second-order valence-electron chi connectivity index (χ2n) is 5.85. The molecule has 3 aromatic rings. The predicted octanol–water partition coefficient (Wildman–Crippen LogP) is 5.43. The number of benzene rings is 2. The minimum atomic E-state index is -0.305. The smallest absolute Gasteiger partial charge is 0.345 e.